The molecule has 0 aliphatic heterocycles. The average molecular weight is 618 g/mol. The molecule has 1 amide bonds. The summed E-state index contributed by atoms with van der Waals surface area (Å²) in [7, 11) is 0. The Balaban J connectivity index is 2.12. The summed E-state index contributed by atoms with van der Waals surface area (Å²) in [5.41, 5.74) is 0.664. The minimum Gasteiger partial charge on any atom is -0.363 e. The van der Waals surface area contributed by atoms with Gasteiger partial charge in [-0.15, -0.1) is 0 Å². The van der Waals surface area contributed by atoms with Crippen molar-refractivity contribution in [3.05, 3.63) is 72.6 Å². The molecule has 1 unspecified atom stereocenters. The Morgan fingerprint density at radius 1 is 1.09 bits per heavy atom. The number of benzene rings is 2. The first kappa shape index (κ1) is 28.7. The lowest BCUT2D eigenvalue weighted by Gasteiger charge is -2.18. The Hall–Kier alpha value is -1.52. The van der Waals surface area contributed by atoms with E-state index in [1.807, 2.05) is 6.92 Å². The molecule has 0 spiro atoms. The molecule has 12 heteroatoms. The number of rotatable bonds is 8. The van der Waals surface area contributed by atoms with Crippen LogP contribution in [0.25, 0.3) is 6.08 Å². The van der Waals surface area contributed by atoms with Gasteiger partial charge in [0.1, 0.15) is 0 Å². The maximum Gasteiger partial charge on any atom is 0.399 e. The van der Waals surface area contributed by atoms with Gasteiger partial charge in [0.25, 0.3) is 5.91 Å². The maximum atomic E-state index is 13.7. The topological polar surface area (TPSA) is 53.2 Å². The molecule has 0 bridgehead atoms. The number of hydrogen-bond acceptors (Lipinski definition) is 2. The highest BCUT2D eigenvalue weighted by Crippen LogP contribution is 2.41. The van der Waals surface area contributed by atoms with Crippen LogP contribution >= 0.6 is 63.0 Å². The molecule has 0 heterocycles. The lowest BCUT2D eigenvalue weighted by Crippen LogP contribution is -2.40. The van der Waals surface area contributed by atoms with E-state index in [1.165, 1.54) is 12.1 Å². The Kier molecular flexibility index (Phi) is 11.0. The minimum absolute atomic E-state index is 0.00842. The van der Waals surface area contributed by atoms with E-state index in [1.54, 1.807) is 12.1 Å². The molecule has 3 N–H and O–H groups in total. The fourth-order valence-electron chi connectivity index (χ4n) is 2.86. The molecule has 34 heavy (non-hydrogen) atoms. The van der Waals surface area contributed by atoms with Crippen molar-refractivity contribution in [3.63, 3.8) is 0 Å². The van der Waals surface area contributed by atoms with E-state index in [4.69, 9.17) is 47.0 Å². The Labute approximate surface area is 224 Å². The number of alkyl halides is 3. The highest BCUT2D eigenvalue weighted by atomic mass is 79.9. The summed E-state index contributed by atoms with van der Waals surface area (Å²) in [5, 5.41) is 8.97. The Bertz CT molecular complexity index is 1060. The smallest absolute Gasteiger partial charge is 0.363 e. The van der Waals surface area contributed by atoms with Crippen LogP contribution < -0.4 is 16.0 Å². The molecular weight excluding hydrogens is 598 g/mol. The Morgan fingerprint density at radius 3 is 2.26 bits per heavy atom. The fourth-order valence-corrected chi connectivity index (χ4v) is 4.30. The van der Waals surface area contributed by atoms with Crippen molar-refractivity contribution in [1.82, 2.24) is 16.0 Å². The van der Waals surface area contributed by atoms with Gasteiger partial charge in [0.2, 0.25) is 0 Å². The zero-order valence-electron chi connectivity index (χ0n) is 17.7. The number of carbonyl (C=O) groups excluding carboxylic acids is 1. The molecule has 1 atom stereocenters. The molecule has 0 aliphatic carbocycles. The van der Waals surface area contributed by atoms with Gasteiger partial charge in [0.05, 0.1) is 26.5 Å². The molecule has 2 aromatic carbocycles. The number of halogens is 7. The summed E-state index contributed by atoms with van der Waals surface area (Å²) in [6, 6.07) is 6.90. The zero-order valence-corrected chi connectivity index (χ0v) is 22.4. The molecule has 0 radical (unpaired) electrons. The predicted octanol–water partition coefficient (Wildman–Crippen LogP) is 6.98. The lowest BCUT2D eigenvalue weighted by molar-refractivity contribution is -0.139. The molecule has 0 saturated heterocycles. The molecule has 2 aromatic rings. The van der Waals surface area contributed by atoms with E-state index in [-0.39, 0.29) is 26.5 Å². The largest absolute Gasteiger partial charge is 0.399 e. The van der Waals surface area contributed by atoms with Gasteiger partial charge in [-0.3, -0.25) is 4.79 Å². The van der Waals surface area contributed by atoms with Crippen LogP contribution in [0.2, 0.25) is 15.1 Å². The van der Waals surface area contributed by atoms with Crippen LogP contribution in [-0.4, -0.2) is 36.8 Å². The monoisotopic (exact) mass is 615 g/mol. The first-order chi connectivity index (χ1) is 15.9. The van der Waals surface area contributed by atoms with Gasteiger partial charge in [-0.25, -0.2) is 0 Å². The van der Waals surface area contributed by atoms with Crippen molar-refractivity contribution >= 4 is 80.0 Å². The normalized spacial score (nSPS) is 12.5. The molecule has 4 nitrogen and oxygen atoms in total. The third kappa shape index (κ3) is 8.30. The highest BCUT2D eigenvalue weighted by molar-refractivity contribution is 9.10. The van der Waals surface area contributed by atoms with E-state index < -0.39 is 12.1 Å². The van der Waals surface area contributed by atoms with Crippen molar-refractivity contribution in [1.29, 1.82) is 0 Å². The first-order valence-electron chi connectivity index (χ1n) is 9.92. The van der Waals surface area contributed by atoms with Crippen molar-refractivity contribution in [2.45, 2.75) is 19.0 Å². The van der Waals surface area contributed by atoms with Gasteiger partial charge in [0, 0.05) is 24.1 Å². The second-order valence-corrected chi connectivity index (χ2v) is 9.41. The van der Waals surface area contributed by atoms with Gasteiger partial charge in [-0.2, -0.15) is 13.2 Å². The summed E-state index contributed by atoms with van der Waals surface area (Å²) < 4.78 is 41.6. The van der Waals surface area contributed by atoms with Crippen molar-refractivity contribution < 1.29 is 18.0 Å². The third-order valence-electron chi connectivity index (χ3n) is 4.47. The van der Waals surface area contributed by atoms with Gasteiger partial charge < -0.3 is 16.0 Å². The predicted molar refractivity (Wildman–Crippen MR) is 140 cm³/mol. The van der Waals surface area contributed by atoms with Crippen LogP contribution in [0.3, 0.4) is 0 Å². The number of allylic oxidation sites excluding steroid dienone is 1. The number of amides is 1. The van der Waals surface area contributed by atoms with E-state index in [0.717, 1.165) is 18.2 Å². The average Bonchev–Trinajstić information content (AvgIpc) is 2.74. The van der Waals surface area contributed by atoms with Crippen LogP contribution in [0.4, 0.5) is 13.2 Å². The van der Waals surface area contributed by atoms with Gasteiger partial charge >= 0.3 is 6.18 Å². The highest BCUT2D eigenvalue weighted by Gasteiger charge is 2.39. The number of hydrogen-bond donors (Lipinski definition) is 3. The van der Waals surface area contributed by atoms with Gasteiger partial charge in [-0.05, 0) is 70.5 Å². The van der Waals surface area contributed by atoms with E-state index in [2.05, 4.69) is 31.9 Å². The van der Waals surface area contributed by atoms with E-state index in [0.29, 0.717) is 40.3 Å². The van der Waals surface area contributed by atoms with Crippen LogP contribution in [0.15, 0.2) is 40.9 Å². The molecule has 0 aliphatic rings. The fraction of sp³-hybridized carbons (Fsp3) is 0.273. The molecular formula is C22H20BrCl3F3N3OS. The quantitative estimate of drug-likeness (QED) is 0.170. The standard InChI is InChI=1S/C22H20BrCl3F3N3OS/c1-2-30-21(34)32-8-7-31-20(33)14-5-3-12(9-16(14)23)4-6-15(22(27,28)29)13-10-17(24)19(26)18(25)11-13/h3-6,9-11,15H,2,7-8H2,1H3,(H,31,33)(H2,30,32,34)/b6-4+. The van der Waals surface area contributed by atoms with Gasteiger partial charge in [0.15, 0.2) is 5.11 Å². The number of nitrogens with one attached hydrogen (secondary N) is 3. The molecule has 0 aromatic heterocycles. The van der Waals surface area contributed by atoms with Crippen LogP contribution in [0.5, 0.6) is 0 Å². The summed E-state index contributed by atoms with van der Waals surface area (Å²) >= 11 is 26.0. The van der Waals surface area contributed by atoms with Crippen LogP contribution in [-0.2, 0) is 0 Å². The summed E-state index contributed by atoms with van der Waals surface area (Å²) in [6.45, 7) is 3.38. The summed E-state index contributed by atoms with van der Waals surface area (Å²) in [6.07, 6.45) is -2.28. The zero-order chi connectivity index (χ0) is 25.5. The second-order valence-electron chi connectivity index (χ2n) is 6.96. The molecule has 184 valence electrons. The van der Waals surface area contributed by atoms with Crippen molar-refractivity contribution in [2.24, 2.45) is 0 Å². The minimum atomic E-state index is -4.59. The third-order valence-corrected chi connectivity index (χ3v) is 6.61. The Morgan fingerprint density at radius 2 is 1.71 bits per heavy atom. The van der Waals surface area contributed by atoms with E-state index in [9.17, 15) is 18.0 Å². The molecule has 2 rings (SSSR count). The molecule has 0 fully saturated rings. The lowest BCUT2D eigenvalue weighted by atomic mass is 9.97. The van der Waals surface area contributed by atoms with Crippen LogP contribution in [0.1, 0.15) is 34.3 Å². The van der Waals surface area contributed by atoms with Crippen molar-refractivity contribution in [3.8, 4) is 0 Å². The summed E-state index contributed by atoms with van der Waals surface area (Å²) in [5.74, 6) is -2.29. The van der Waals surface area contributed by atoms with E-state index >= 15 is 0 Å². The number of carbonyl (C=O) groups is 1. The van der Waals surface area contributed by atoms with Crippen LogP contribution in [0, 0.1) is 0 Å². The maximum absolute atomic E-state index is 13.7. The summed E-state index contributed by atoms with van der Waals surface area (Å²) in [4.78, 5) is 12.4. The van der Waals surface area contributed by atoms with Gasteiger partial charge in [-0.1, -0.05) is 53.0 Å². The first-order valence-corrected chi connectivity index (χ1v) is 12.3. The second kappa shape index (κ2) is 13.0. The number of thiocarbonyl (C=S) groups is 1. The van der Waals surface area contributed by atoms with Crippen molar-refractivity contribution in [2.75, 3.05) is 19.6 Å². The SMILES string of the molecule is CCNC(=S)NCCNC(=O)c1ccc(/C=C/C(c2cc(Cl)c(Cl)c(Cl)c2)C(F)(F)F)cc1Br. The molecule has 0 saturated carbocycles.